The van der Waals surface area contributed by atoms with Gasteiger partial charge in [0.05, 0.1) is 16.8 Å². The van der Waals surface area contributed by atoms with Crippen LogP contribution in [0.3, 0.4) is 0 Å². The molecule has 2 nitrogen and oxygen atoms in total. The summed E-state index contributed by atoms with van der Waals surface area (Å²) in [5.74, 6) is 0. The van der Waals surface area contributed by atoms with Crippen LogP contribution in [0.25, 0.3) is 86.3 Å². The highest BCUT2D eigenvalue weighted by molar-refractivity contribution is 7.25. The van der Waals surface area contributed by atoms with Crippen LogP contribution in [0.4, 0.5) is 17.1 Å². The summed E-state index contributed by atoms with van der Waals surface area (Å²) < 4.78 is 9.04. The first-order valence-electron chi connectivity index (χ1n) is 18.7. The molecule has 11 rings (SSSR count). The summed E-state index contributed by atoms with van der Waals surface area (Å²) in [5.41, 5.74) is 12.2. The van der Waals surface area contributed by atoms with E-state index in [0.29, 0.717) is 0 Å². The van der Waals surface area contributed by atoms with E-state index >= 15 is 0 Å². The maximum atomic E-state index is 6.45. The molecular formula is C52H33NOS. The first kappa shape index (κ1) is 31.6. The maximum absolute atomic E-state index is 6.45. The van der Waals surface area contributed by atoms with Crippen molar-refractivity contribution in [3.8, 4) is 33.4 Å². The molecule has 11 aromatic rings. The number of fused-ring (bicyclic) bond motifs is 7. The molecular weight excluding hydrogens is 687 g/mol. The third-order valence-electron chi connectivity index (χ3n) is 10.9. The van der Waals surface area contributed by atoms with Crippen molar-refractivity contribution in [1.82, 2.24) is 0 Å². The second-order valence-electron chi connectivity index (χ2n) is 14.1. The predicted molar refractivity (Wildman–Crippen MR) is 235 cm³/mol. The molecule has 0 atom stereocenters. The van der Waals surface area contributed by atoms with Crippen LogP contribution >= 0.6 is 11.3 Å². The van der Waals surface area contributed by atoms with Crippen LogP contribution in [0.1, 0.15) is 0 Å². The minimum Gasteiger partial charge on any atom is -0.456 e. The SMILES string of the molecule is c1cc(-c2ccc(N(c3ccccc3-c3cccc4sc5ccccc5c34)c3cccc4oc5ccccc5c34)cc2)cc(-c2ccc3ccccc3c2)c1. The Kier molecular flexibility index (Phi) is 7.39. The minimum absolute atomic E-state index is 0.870. The molecule has 0 aliphatic heterocycles. The van der Waals surface area contributed by atoms with E-state index in [1.54, 1.807) is 0 Å². The lowest BCUT2D eigenvalue weighted by Crippen LogP contribution is -2.11. The van der Waals surface area contributed by atoms with Crippen LogP contribution < -0.4 is 4.90 Å². The Morgan fingerprint density at radius 1 is 0.364 bits per heavy atom. The molecule has 0 unspecified atom stereocenters. The lowest BCUT2D eigenvalue weighted by atomic mass is 9.96. The van der Waals surface area contributed by atoms with Crippen molar-refractivity contribution in [2.75, 3.05) is 4.90 Å². The van der Waals surface area contributed by atoms with Gasteiger partial charge in [-0.1, -0.05) is 140 Å². The highest BCUT2D eigenvalue weighted by Crippen LogP contribution is 2.48. The monoisotopic (exact) mass is 719 g/mol. The third-order valence-corrected chi connectivity index (χ3v) is 12.0. The standard InChI is InChI=1S/C52H33NOS/c1-2-13-36-33-39(27-26-34(36)12-1)38-15-9-14-37(32-38)35-28-30-40(31-29-35)53(46-21-11-23-48-52(46)43-17-4-7-22-47(43)54-48)45-20-6-3-16-41(45)42-19-10-25-50-51(42)44-18-5-8-24-49(44)55-50/h1-33H. The molecule has 55 heavy (non-hydrogen) atoms. The Hall–Kier alpha value is -6.94. The second kappa shape index (κ2) is 12.9. The number of hydrogen-bond donors (Lipinski definition) is 0. The van der Waals surface area contributed by atoms with Crippen molar-refractivity contribution >= 4 is 81.3 Å². The lowest BCUT2D eigenvalue weighted by molar-refractivity contribution is 0.669. The van der Waals surface area contributed by atoms with Gasteiger partial charge in [0.25, 0.3) is 0 Å². The normalized spacial score (nSPS) is 11.6. The van der Waals surface area contributed by atoms with Gasteiger partial charge in [-0.25, -0.2) is 0 Å². The quantitative estimate of drug-likeness (QED) is 0.170. The van der Waals surface area contributed by atoms with Crippen molar-refractivity contribution in [3.63, 3.8) is 0 Å². The van der Waals surface area contributed by atoms with E-state index in [1.165, 1.54) is 64.3 Å². The number of benzene rings is 9. The maximum Gasteiger partial charge on any atom is 0.137 e. The van der Waals surface area contributed by atoms with Gasteiger partial charge in [0.2, 0.25) is 0 Å². The summed E-state index contributed by atoms with van der Waals surface area (Å²) in [4.78, 5) is 2.42. The lowest BCUT2D eigenvalue weighted by Gasteiger charge is -2.29. The molecule has 0 aliphatic rings. The van der Waals surface area contributed by atoms with Gasteiger partial charge in [-0.3, -0.25) is 0 Å². The molecule has 2 aromatic heterocycles. The van der Waals surface area contributed by atoms with Gasteiger partial charge in [0, 0.05) is 36.8 Å². The third kappa shape index (κ3) is 5.32. The average molecular weight is 720 g/mol. The van der Waals surface area contributed by atoms with Crippen LogP contribution in [-0.4, -0.2) is 0 Å². The fourth-order valence-electron chi connectivity index (χ4n) is 8.30. The van der Waals surface area contributed by atoms with E-state index in [4.69, 9.17) is 4.42 Å². The molecule has 0 radical (unpaired) electrons. The number of rotatable bonds is 6. The van der Waals surface area contributed by atoms with E-state index in [-0.39, 0.29) is 0 Å². The summed E-state index contributed by atoms with van der Waals surface area (Å²) in [7, 11) is 0. The smallest absolute Gasteiger partial charge is 0.137 e. The molecule has 0 saturated heterocycles. The van der Waals surface area contributed by atoms with Crippen molar-refractivity contribution in [3.05, 3.63) is 200 Å². The van der Waals surface area contributed by atoms with Gasteiger partial charge in [-0.15, -0.1) is 11.3 Å². The molecule has 2 heterocycles. The van der Waals surface area contributed by atoms with Gasteiger partial charge >= 0.3 is 0 Å². The van der Waals surface area contributed by atoms with Gasteiger partial charge in [-0.2, -0.15) is 0 Å². The van der Waals surface area contributed by atoms with Gasteiger partial charge in [0.15, 0.2) is 0 Å². The summed E-state index contributed by atoms with van der Waals surface area (Å²) in [6, 6.07) is 72.2. The molecule has 0 bridgehead atoms. The zero-order chi connectivity index (χ0) is 36.3. The Bertz CT molecular complexity index is 3220. The van der Waals surface area contributed by atoms with Crippen molar-refractivity contribution in [2.45, 2.75) is 0 Å². The number of hydrogen-bond acceptors (Lipinski definition) is 3. The zero-order valence-electron chi connectivity index (χ0n) is 29.8. The van der Waals surface area contributed by atoms with Crippen LogP contribution in [0.2, 0.25) is 0 Å². The number of nitrogens with zero attached hydrogens (tertiary/aromatic N) is 1. The van der Waals surface area contributed by atoms with Crippen LogP contribution in [-0.2, 0) is 0 Å². The Balaban J connectivity index is 1.09. The number of anilines is 3. The highest BCUT2D eigenvalue weighted by Gasteiger charge is 2.23. The molecule has 0 amide bonds. The molecule has 0 aliphatic carbocycles. The van der Waals surface area contributed by atoms with Crippen molar-refractivity contribution in [1.29, 1.82) is 0 Å². The largest absolute Gasteiger partial charge is 0.456 e. The molecule has 0 fully saturated rings. The van der Waals surface area contributed by atoms with E-state index in [1.807, 2.05) is 17.4 Å². The van der Waals surface area contributed by atoms with E-state index < -0.39 is 0 Å². The van der Waals surface area contributed by atoms with Crippen molar-refractivity contribution < 1.29 is 4.42 Å². The van der Waals surface area contributed by atoms with Crippen LogP contribution in [0.15, 0.2) is 205 Å². The number of furan rings is 1. The van der Waals surface area contributed by atoms with Gasteiger partial charge in [-0.05, 0) is 99.3 Å². The highest BCUT2D eigenvalue weighted by atomic mass is 32.1. The first-order valence-corrected chi connectivity index (χ1v) is 19.5. The topological polar surface area (TPSA) is 16.4 Å². The average Bonchev–Trinajstić information content (AvgIpc) is 3.83. The molecule has 0 saturated carbocycles. The summed E-state index contributed by atoms with van der Waals surface area (Å²) >= 11 is 1.86. The van der Waals surface area contributed by atoms with Gasteiger partial charge in [0.1, 0.15) is 11.2 Å². The van der Waals surface area contributed by atoms with Crippen molar-refractivity contribution in [2.24, 2.45) is 0 Å². The number of thiophene rings is 1. The summed E-state index contributed by atoms with van der Waals surface area (Å²) in [6.45, 7) is 0. The van der Waals surface area contributed by atoms with E-state index in [9.17, 15) is 0 Å². The fourth-order valence-corrected chi connectivity index (χ4v) is 9.43. The zero-order valence-corrected chi connectivity index (χ0v) is 30.6. The second-order valence-corrected chi connectivity index (χ2v) is 15.2. The first-order chi connectivity index (χ1) is 27.3. The van der Waals surface area contributed by atoms with Crippen LogP contribution in [0, 0.1) is 0 Å². The van der Waals surface area contributed by atoms with E-state index in [2.05, 4.69) is 199 Å². The minimum atomic E-state index is 0.870. The van der Waals surface area contributed by atoms with Gasteiger partial charge < -0.3 is 9.32 Å². The molecule has 9 aromatic carbocycles. The predicted octanol–water partition coefficient (Wildman–Crippen LogP) is 15.6. The molecule has 0 N–H and O–H groups in total. The van der Waals surface area contributed by atoms with Crippen LogP contribution in [0.5, 0.6) is 0 Å². The fraction of sp³-hybridized carbons (Fsp3) is 0. The number of para-hydroxylation sites is 2. The van der Waals surface area contributed by atoms with E-state index in [0.717, 1.165) is 39.0 Å². The molecule has 258 valence electrons. The Morgan fingerprint density at radius 2 is 0.982 bits per heavy atom. The Morgan fingerprint density at radius 3 is 1.89 bits per heavy atom. The Labute approximate surface area is 322 Å². The molecule has 3 heteroatoms. The summed E-state index contributed by atoms with van der Waals surface area (Å²) in [5, 5.41) is 7.28. The summed E-state index contributed by atoms with van der Waals surface area (Å²) in [6.07, 6.45) is 0. The molecule has 0 spiro atoms.